The van der Waals surface area contributed by atoms with Crippen molar-refractivity contribution in [2.24, 2.45) is 0 Å². The molecule has 31 heavy (non-hydrogen) atoms. The normalized spacial score (nSPS) is 10.9. The maximum atomic E-state index is 13.2. The molecule has 0 unspecified atom stereocenters. The van der Waals surface area contributed by atoms with Gasteiger partial charge < -0.3 is 4.74 Å². The van der Waals surface area contributed by atoms with Crippen LogP contribution >= 0.6 is 34.7 Å². The summed E-state index contributed by atoms with van der Waals surface area (Å²) >= 11 is 9.07. The molecule has 0 aliphatic carbocycles. The summed E-state index contributed by atoms with van der Waals surface area (Å²) in [7, 11) is 1.63. The number of benzene rings is 2. The lowest BCUT2D eigenvalue weighted by Gasteiger charge is -2.20. The van der Waals surface area contributed by atoms with Gasteiger partial charge in [-0.1, -0.05) is 35.1 Å². The molecule has 8 heteroatoms. The Bertz CT molecular complexity index is 1170. The molecule has 4 aromatic rings. The van der Waals surface area contributed by atoms with Crippen molar-refractivity contribution in [3.63, 3.8) is 0 Å². The summed E-state index contributed by atoms with van der Waals surface area (Å²) in [4.78, 5) is 25.0. The molecule has 4 rings (SSSR count). The minimum Gasteiger partial charge on any atom is -0.494 e. The number of thioether (sulfide) groups is 1. The van der Waals surface area contributed by atoms with Gasteiger partial charge in [0.2, 0.25) is 5.91 Å². The van der Waals surface area contributed by atoms with Gasteiger partial charge in [0.15, 0.2) is 5.13 Å². The van der Waals surface area contributed by atoms with Crippen LogP contribution in [0, 0.1) is 0 Å². The Morgan fingerprint density at radius 2 is 2.00 bits per heavy atom. The van der Waals surface area contributed by atoms with E-state index >= 15 is 0 Å². The molecule has 0 fully saturated rings. The van der Waals surface area contributed by atoms with Crippen LogP contribution < -0.4 is 9.64 Å². The van der Waals surface area contributed by atoms with Crippen LogP contribution in [-0.2, 0) is 11.3 Å². The summed E-state index contributed by atoms with van der Waals surface area (Å²) in [5, 5.41) is 1.36. The lowest BCUT2D eigenvalue weighted by Crippen LogP contribution is -2.30. The number of anilines is 1. The van der Waals surface area contributed by atoms with Gasteiger partial charge in [0.05, 0.1) is 18.4 Å². The average molecular weight is 470 g/mol. The largest absolute Gasteiger partial charge is 0.494 e. The molecule has 5 nitrogen and oxygen atoms in total. The van der Waals surface area contributed by atoms with Gasteiger partial charge in [0.25, 0.3) is 0 Å². The van der Waals surface area contributed by atoms with Crippen LogP contribution in [0.3, 0.4) is 0 Å². The quantitative estimate of drug-likeness (QED) is 0.293. The van der Waals surface area contributed by atoms with E-state index in [1.54, 1.807) is 36.2 Å². The molecule has 2 heterocycles. The second-order valence-electron chi connectivity index (χ2n) is 6.70. The summed E-state index contributed by atoms with van der Waals surface area (Å²) < 4.78 is 6.42. The van der Waals surface area contributed by atoms with Crippen LogP contribution in [-0.4, -0.2) is 28.7 Å². The van der Waals surface area contributed by atoms with Crippen molar-refractivity contribution < 1.29 is 9.53 Å². The number of hydrogen-bond donors (Lipinski definition) is 0. The van der Waals surface area contributed by atoms with E-state index in [9.17, 15) is 4.79 Å². The molecule has 2 aromatic heterocycles. The third-order valence-corrected chi connectivity index (χ3v) is 6.89. The molecule has 1 amide bonds. The molecule has 0 saturated carbocycles. The van der Waals surface area contributed by atoms with Crippen LogP contribution in [0.2, 0.25) is 5.02 Å². The number of thiazole rings is 1. The van der Waals surface area contributed by atoms with Crippen LogP contribution in [0.5, 0.6) is 5.75 Å². The summed E-state index contributed by atoms with van der Waals surface area (Å²) in [6, 6.07) is 17.3. The molecule has 0 spiro atoms. The number of hydrogen-bond acceptors (Lipinski definition) is 6. The zero-order chi connectivity index (χ0) is 21.6. The smallest absolute Gasteiger partial charge is 0.229 e. The number of carbonyl (C=O) groups excluding carboxylic acids is 1. The number of para-hydroxylation sites is 1. The van der Waals surface area contributed by atoms with E-state index in [0.29, 0.717) is 34.6 Å². The Hall–Kier alpha value is -2.61. The van der Waals surface area contributed by atoms with Crippen molar-refractivity contribution in [3.05, 3.63) is 77.6 Å². The fraction of sp³-hybridized carbons (Fsp3) is 0.174. The van der Waals surface area contributed by atoms with Crippen molar-refractivity contribution in [2.45, 2.75) is 17.9 Å². The molecule has 0 aliphatic rings. The number of aromatic nitrogens is 2. The monoisotopic (exact) mass is 469 g/mol. The topological polar surface area (TPSA) is 55.3 Å². The van der Waals surface area contributed by atoms with E-state index in [4.69, 9.17) is 21.3 Å². The number of fused-ring (bicyclic) bond motifs is 1. The number of methoxy groups -OCH3 is 1. The number of ether oxygens (including phenoxy) is 1. The molecular weight excluding hydrogens is 450 g/mol. The minimum atomic E-state index is 0.0170. The number of pyridine rings is 1. The molecule has 0 bridgehead atoms. The maximum absolute atomic E-state index is 13.2. The first-order valence-corrected chi connectivity index (χ1v) is 11.8. The predicted octanol–water partition coefficient (Wildman–Crippen LogP) is 6.07. The molecule has 0 radical (unpaired) electrons. The van der Waals surface area contributed by atoms with Crippen LogP contribution in [0.1, 0.15) is 12.0 Å². The standard InChI is InChI=1S/C23H20ClN3O2S2/c1-29-19-5-2-6-20-22(19)26-23(31-20)27(15-16-4-3-12-25-14-16)21(28)11-13-30-18-9-7-17(24)8-10-18/h2-10,12,14H,11,13,15H2,1H3. The molecule has 0 atom stereocenters. The molecular formula is C23H20ClN3O2S2. The van der Waals surface area contributed by atoms with Gasteiger partial charge in [-0.15, -0.1) is 11.8 Å². The average Bonchev–Trinajstić information content (AvgIpc) is 3.23. The molecule has 0 saturated heterocycles. The Morgan fingerprint density at radius 1 is 1.16 bits per heavy atom. The Kier molecular flexibility index (Phi) is 7.06. The van der Waals surface area contributed by atoms with Gasteiger partial charge in [0, 0.05) is 34.5 Å². The van der Waals surface area contributed by atoms with E-state index < -0.39 is 0 Å². The van der Waals surface area contributed by atoms with Crippen molar-refractivity contribution in [1.29, 1.82) is 0 Å². The van der Waals surface area contributed by atoms with Gasteiger partial charge in [-0.05, 0) is 48.0 Å². The highest BCUT2D eigenvalue weighted by molar-refractivity contribution is 7.99. The van der Waals surface area contributed by atoms with Crippen molar-refractivity contribution in [1.82, 2.24) is 9.97 Å². The van der Waals surface area contributed by atoms with E-state index in [0.717, 1.165) is 20.7 Å². The van der Waals surface area contributed by atoms with E-state index in [2.05, 4.69) is 4.98 Å². The van der Waals surface area contributed by atoms with Crippen LogP contribution in [0.15, 0.2) is 71.9 Å². The highest BCUT2D eigenvalue weighted by Gasteiger charge is 2.21. The first-order chi connectivity index (χ1) is 15.1. The van der Waals surface area contributed by atoms with E-state index in [1.807, 2.05) is 54.6 Å². The first kappa shape index (κ1) is 21.6. The zero-order valence-corrected chi connectivity index (χ0v) is 19.2. The molecule has 2 aromatic carbocycles. The van der Waals surface area contributed by atoms with Gasteiger partial charge in [0.1, 0.15) is 11.3 Å². The highest BCUT2D eigenvalue weighted by atomic mass is 35.5. The van der Waals surface area contributed by atoms with Crippen molar-refractivity contribution >= 4 is 56.0 Å². The number of rotatable bonds is 8. The van der Waals surface area contributed by atoms with Crippen LogP contribution in [0.4, 0.5) is 5.13 Å². The van der Waals surface area contributed by atoms with Gasteiger partial charge in [-0.3, -0.25) is 14.7 Å². The molecule has 0 N–H and O–H groups in total. The highest BCUT2D eigenvalue weighted by Crippen LogP contribution is 2.35. The van der Waals surface area contributed by atoms with Crippen LogP contribution in [0.25, 0.3) is 10.2 Å². The van der Waals surface area contributed by atoms with E-state index in [1.165, 1.54) is 11.3 Å². The van der Waals surface area contributed by atoms with E-state index in [-0.39, 0.29) is 5.91 Å². The lowest BCUT2D eigenvalue weighted by molar-refractivity contribution is -0.118. The predicted molar refractivity (Wildman–Crippen MR) is 128 cm³/mol. The Morgan fingerprint density at radius 3 is 2.74 bits per heavy atom. The molecule has 158 valence electrons. The number of amides is 1. The summed E-state index contributed by atoms with van der Waals surface area (Å²) in [5.41, 5.74) is 1.72. The second kappa shape index (κ2) is 10.1. The number of carbonyl (C=O) groups is 1. The maximum Gasteiger partial charge on any atom is 0.229 e. The molecule has 0 aliphatic heterocycles. The summed E-state index contributed by atoms with van der Waals surface area (Å²) in [5.74, 6) is 1.38. The third kappa shape index (κ3) is 5.36. The Balaban J connectivity index is 1.55. The Labute approximate surface area is 194 Å². The SMILES string of the molecule is COc1cccc2sc(N(Cc3cccnc3)C(=O)CCSc3ccc(Cl)cc3)nc12. The number of halogens is 1. The second-order valence-corrected chi connectivity index (χ2v) is 9.31. The van der Waals surface area contributed by atoms with Gasteiger partial charge >= 0.3 is 0 Å². The van der Waals surface area contributed by atoms with Crippen molar-refractivity contribution in [2.75, 3.05) is 17.8 Å². The minimum absolute atomic E-state index is 0.0170. The third-order valence-electron chi connectivity index (χ3n) is 4.58. The first-order valence-electron chi connectivity index (χ1n) is 9.65. The lowest BCUT2D eigenvalue weighted by atomic mass is 10.2. The van der Waals surface area contributed by atoms with Gasteiger partial charge in [-0.25, -0.2) is 4.98 Å². The fourth-order valence-electron chi connectivity index (χ4n) is 3.05. The van der Waals surface area contributed by atoms with Gasteiger partial charge in [-0.2, -0.15) is 0 Å². The fourth-order valence-corrected chi connectivity index (χ4v) is 5.02. The summed E-state index contributed by atoms with van der Waals surface area (Å²) in [6.45, 7) is 0.417. The zero-order valence-electron chi connectivity index (χ0n) is 16.8. The number of nitrogens with zero attached hydrogens (tertiary/aromatic N) is 3. The summed E-state index contributed by atoms with van der Waals surface area (Å²) in [6.07, 6.45) is 3.89. The van der Waals surface area contributed by atoms with Crippen molar-refractivity contribution in [3.8, 4) is 5.75 Å².